The number of amides is 1. The van der Waals surface area contributed by atoms with Crippen molar-refractivity contribution in [2.45, 2.75) is 24.6 Å². The van der Waals surface area contributed by atoms with Crippen molar-refractivity contribution in [3.05, 3.63) is 59.7 Å². The molecule has 2 atom stereocenters. The molecular weight excluding hydrogens is 291 g/mol. The summed E-state index contributed by atoms with van der Waals surface area (Å²) in [5.41, 5.74) is 4.36. The second kappa shape index (κ2) is 5.78. The summed E-state index contributed by atoms with van der Waals surface area (Å²) in [5, 5.41) is 6.10. The van der Waals surface area contributed by atoms with Gasteiger partial charge in [0.25, 0.3) is 0 Å². The number of carbonyl (C=O) groups is 1. The molecule has 4 heteroatoms. The number of alkyl halides is 1. The zero-order valence-electron chi connectivity index (χ0n) is 12.8. The highest BCUT2D eigenvalue weighted by molar-refractivity contribution is 5.96. The number of hydrogen-bond acceptors (Lipinski definition) is 2. The number of fused-ring (bicyclic) bond motifs is 3. The lowest BCUT2D eigenvalue weighted by molar-refractivity contribution is -0.121. The topological polar surface area (TPSA) is 41.1 Å². The van der Waals surface area contributed by atoms with E-state index in [4.69, 9.17) is 0 Å². The maximum Gasteiger partial charge on any atom is 0.232 e. The van der Waals surface area contributed by atoms with E-state index in [0.717, 1.165) is 22.3 Å². The fourth-order valence-electron chi connectivity index (χ4n) is 3.69. The maximum atomic E-state index is 13.2. The molecular formula is C19H19FN2O. The number of nitrogens with one attached hydrogen (secondary N) is 2. The van der Waals surface area contributed by atoms with E-state index in [1.807, 2.05) is 36.4 Å². The SMILES string of the molecule is O=C(NC[C@@H]1C[C@H](F)CN1)C1c2ccccc2-c2ccccc21. The quantitative estimate of drug-likeness (QED) is 0.915. The molecule has 118 valence electrons. The molecule has 0 unspecified atom stereocenters. The van der Waals surface area contributed by atoms with E-state index in [1.54, 1.807) is 0 Å². The van der Waals surface area contributed by atoms with Gasteiger partial charge in [-0.25, -0.2) is 4.39 Å². The molecule has 1 aliphatic carbocycles. The van der Waals surface area contributed by atoms with Gasteiger partial charge in [-0.2, -0.15) is 0 Å². The average molecular weight is 310 g/mol. The van der Waals surface area contributed by atoms with Crippen LogP contribution in [0, 0.1) is 0 Å². The van der Waals surface area contributed by atoms with Crippen LogP contribution in [0.15, 0.2) is 48.5 Å². The minimum absolute atomic E-state index is 0.00786. The van der Waals surface area contributed by atoms with Crippen molar-refractivity contribution in [3.8, 4) is 11.1 Å². The van der Waals surface area contributed by atoms with Crippen molar-refractivity contribution < 1.29 is 9.18 Å². The second-order valence-electron chi connectivity index (χ2n) is 6.29. The van der Waals surface area contributed by atoms with Gasteiger partial charge in [0.1, 0.15) is 6.17 Å². The Hall–Kier alpha value is -2.20. The maximum absolute atomic E-state index is 13.2. The van der Waals surface area contributed by atoms with E-state index in [2.05, 4.69) is 22.8 Å². The van der Waals surface area contributed by atoms with Gasteiger partial charge in [0.2, 0.25) is 5.91 Å². The van der Waals surface area contributed by atoms with Crippen LogP contribution < -0.4 is 10.6 Å². The molecule has 0 saturated carbocycles. The summed E-state index contributed by atoms with van der Waals surface area (Å²) in [5.74, 6) is -0.281. The molecule has 2 aromatic rings. The van der Waals surface area contributed by atoms with Gasteiger partial charge in [0.15, 0.2) is 0 Å². The lowest BCUT2D eigenvalue weighted by atomic mass is 9.96. The molecule has 1 fully saturated rings. The Morgan fingerprint density at radius 3 is 2.26 bits per heavy atom. The number of rotatable bonds is 3. The van der Waals surface area contributed by atoms with Crippen molar-refractivity contribution >= 4 is 5.91 Å². The van der Waals surface area contributed by atoms with Gasteiger partial charge in [-0.15, -0.1) is 0 Å². The second-order valence-corrected chi connectivity index (χ2v) is 6.29. The highest BCUT2D eigenvalue weighted by Crippen LogP contribution is 2.44. The van der Waals surface area contributed by atoms with Gasteiger partial charge in [0, 0.05) is 19.1 Å². The normalized spacial score (nSPS) is 22.7. The molecule has 1 heterocycles. The Morgan fingerprint density at radius 1 is 1.09 bits per heavy atom. The van der Waals surface area contributed by atoms with Gasteiger partial charge < -0.3 is 10.6 Å². The Bertz CT molecular complexity index is 700. The Labute approximate surface area is 134 Å². The van der Waals surface area contributed by atoms with Crippen molar-refractivity contribution in [2.24, 2.45) is 0 Å². The van der Waals surface area contributed by atoms with Gasteiger partial charge in [-0.3, -0.25) is 4.79 Å². The third-order valence-corrected chi connectivity index (χ3v) is 4.79. The first kappa shape index (κ1) is 14.4. The lowest BCUT2D eigenvalue weighted by Crippen LogP contribution is -2.39. The summed E-state index contributed by atoms with van der Waals surface area (Å²) in [6, 6.07) is 16.1. The molecule has 0 aromatic heterocycles. The van der Waals surface area contributed by atoms with E-state index in [1.165, 1.54) is 0 Å². The van der Waals surface area contributed by atoms with Crippen molar-refractivity contribution in [2.75, 3.05) is 13.1 Å². The minimum Gasteiger partial charge on any atom is -0.354 e. The molecule has 2 N–H and O–H groups in total. The lowest BCUT2D eigenvalue weighted by Gasteiger charge is -2.16. The summed E-state index contributed by atoms with van der Waals surface area (Å²) in [7, 11) is 0. The molecule has 2 aliphatic rings. The van der Waals surface area contributed by atoms with Crippen LogP contribution in [0.5, 0.6) is 0 Å². The first-order valence-corrected chi connectivity index (χ1v) is 8.07. The Morgan fingerprint density at radius 2 is 1.70 bits per heavy atom. The average Bonchev–Trinajstić information content (AvgIpc) is 3.14. The van der Waals surface area contributed by atoms with E-state index >= 15 is 0 Å². The van der Waals surface area contributed by atoms with Gasteiger partial charge in [0.05, 0.1) is 5.92 Å². The first-order valence-electron chi connectivity index (χ1n) is 8.07. The fraction of sp³-hybridized carbons (Fsp3) is 0.316. The molecule has 2 aromatic carbocycles. The predicted molar refractivity (Wildman–Crippen MR) is 88.0 cm³/mol. The number of halogens is 1. The molecule has 0 bridgehead atoms. The standard InChI is InChI=1S/C19H19FN2O/c20-12-9-13(21-10-12)11-22-19(23)18-16-7-3-1-5-14(16)15-6-2-4-8-17(15)18/h1-8,12-13,18,21H,9-11H2,(H,22,23)/t12-,13-/m0/s1. The molecule has 1 saturated heterocycles. The smallest absolute Gasteiger partial charge is 0.232 e. The number of benzene rings is 2. The van der Waals surface area contributed by atoms with E-state index in [-0.39, 0.29) is 17.9 Å². The van der Waals surface area contributed by atoms with Crippen molar-refractivity contribution in [1.82, 2.24) is 10.6 Å². The van der Waals surface area contributed by atoms with Crippen LogP contribution in [0.1, 0.15) is 23.5 Å². The summed E-state index contributed by atoms with van der Waals surface area (Å²) in [6.45, 7) is 0.857. The molecule has 0 spiro atoms. The fourth-order valence-corrected chi connectivity index (χ4v) is 3.69. The number of hydrogen-bond donors (Lipinski definition) is 2. The van der Waals surface area contributed by atoms with E-state index in [9.17, 15) is 9.18 Å². The highest BCUT2D eigenvalue weighted by atomic mass is 19.1. The Balaban J connectivity index is 1.57. The monoisotopic (exact) mass is 310 g/mol. The molecule has 3 nitrogen and oxygen atoms in total. The van der Waals surface area contributed by atoms with E-state index < -0.39 is 6.17 Å². The molecule has 4 rings (SSSR count). The van der Waals surface area contributed by atoms with Crippen LogP contribution in [0.4, 0.5) is 4.39 Å². The van der Waals surface area contributed by atoms with Gasteiger partial charge in [-0.05, 0) is 28.7 Å². The van der Waals surface area contributed by atoms with Crippen molar-refractivity contribution in [3.63, 3.8) is 0 Å². The number of carbonyl (C=O) groups excluding carboxylic acids is 1. The molecule has 23 heavy (non-hydrogen) atoms. The van der Waals surface area contributed by atoms with Crippen LogP contribution in [0.3, 0.4) is 0 Å². The first-order chi connectivity index (χ1) is 11.2. The Kier molecular flexibility index (Phi) is 3.62. The predicted octanol–water partition coefficient (Wildman–Crippen LogP) is 2.62. The third-order valence-electron chi connectivity index (χ3n) is 4.79. The van der Waals surface area contributed by atoms with Crippen molar-refractivity contribution in [1.29, 1.82) is 0 Å². The van der Waals surface area contributed by atoms with Crippen LogP contribution in [-0.2, 0) is 4.79 Å². The third kappa shape index (κ3) is 2.53. The van der Waals surface area contributed by atoms with Crippen LogP contribution in [-0.4, -0.2) is 31.2 Å². The van der Waals surface area contributed by atoms with Crippen LogP contribution in [0.2, 0.25) is 0 Å². The van der Waals surface area contributed by atoms with Gasteiger partial charge in [-0.1, -0.05) is 48.5 Å². The summed E-state index contributed by atoms with van der Waals surface area (Å²) < 4.78 is 13.2. The van der Waals surface area contributed by atoms with Crippen LogP contribution in [0.25, 0.3) is 11.1 Å². The zero-order chi connectivity index (χ0) is 15.8. The molecule has 0 radical (unpaired) electrons. The molecule has 1 amide bonds. The zero-order valence-corrected chi connectivity index (χ0v) is 12.8. The largest absolute Gasteiger partial charge is 0.354 e. The summed E-state index contributed by atoms with van der Waals surface area (Å²) in [6.07, 6.45) is -0.331. The summed E-state index contributed by atoms with van der Waals surface area (Å²) >= 11 is 0. The minimum atomic E-state index is -0.801. The molecule has 1 aliphatic heterocycles. The summed E-state index contributed by atoms with van der Waals surface area (Å²) in [4.78, 5) is 12.8. The van der Waals surface area contributed by atoms with Gasteiger partial charge >= 0.3 is 0 Å². The van der Waals surface area contributed by atoms with Crippen LogP contribution >= 0.6 is 0 Å². The van der Waals surface area contributed by atoms with E-state index in [0.29, 0.717) is 19.5 Å². The highest BCUT2D eigenvalue weighted by Gasteiger charge is 2.33.